The van der Waals surface area contributed by atoms with E-state index in [2.05, 4.69) is 13.0 Å². The lowest BCUT2D eigenvalue weighted by Crippen LogP contribution is -2.22. The number of hydrogen-bond donors (Lipinski definition) is 0. The third-order valence-electron chi connectivity index (χ3n) is 3.36. The van der Waals surface area contributed by atoms with Gasteiger partial charge in [0.1, 0.15) is 8.28 Å². The van der Waals surface area contributed by atoms with Crippen LogP contribution in [0.3, 0.4) is 0 Å². The van der Waals surface area contributed by atoms with E-state index >= 15 is 0 Å². The molecule has 1 nitrogen and oxygen atoms in total. The summed E-state index contributed by atoms with van der Waals surface area (Å²) in [4.78, 5) is 0. The number of thioether (sulfide) groups is 2. The Balaban J connectivity index is 2.31. The first kappa shape index (κ1) is 16.3. The molecule has 0 saturated carbocycles. The Hall–Kier alpha value is 0.280. The minimum Gasteiger partial charge on any atom is -0.197 e. The molecule has 0 radical (unpaired) electrons. The van der Waals surface area contributed by atoms with Crippen LogP contribution in [0.2, 0.25) is 0 Å². The molecular formula is C14H23NS3. The summed E-state index contributed by atoms with van der Waals surface area (Å²) in [7, 11) is 0. The van der Waals surface area contributed by atoms with E-state index in [0.29, 0.717) is 0 Å². The van der Waals surface area contributed by atoms with E-state index in [9.17, 15) is 5.26 Å². The summed E-state index contributed by atoms with van der Waals surface area (Å²) in [5, 5.41) is 9.49. The molecule has 1 saturated heterocycles. The molecule has 0 aromatic carbocycles. The van der Waals surface area contributed by atoms with E-state index in [1.807, 2.05) is 0 Å². The lowest BCUT2D eigenvalue weighted by atomic mass is 9.96. The topological polar surface area (TPSA) is 23.8 Å². The van der Waals surface area contributed by atoms with Gasteiger partial charge in [-0.05, 0) is 25.0 Å². The van der Waals surface area contributed by atoms with E-state index in [1.54, 1.807) is 23.5 Å². The number of rotatable bonds is 7. The van der Waals surface area contributed by atoms with Crippen molar-refractivity contribution >= 4 is 39.3 Å². The number of hydrogen-bond acceptors (Lipinski definition) is 4. The molecule has 4 heteroatoms. The number of nitrogens with zero attached hydrogens (tertiary/aromatic N) is 1. The third kappa shape index (κ3) is 5.95. The van der Waals surface area contributed by atoms with Gasteiger partial charge in [-0.2, -0.15) is 5.26 Å². The fourth-order valence-electron chi connectivity index (χ4n) is 2.25. The van der Waals surface area contributed by atoms with E-state index < -0.39 is 0 Å². The molecule has 0 N–H and O–H groups in total. The number of unbranched alkanes of at least 4 members (excludes halogenated alkanes) is 5. The van der Waals surface area contributed by atoms with Gasteiger partial charge in [0, 0.05) is 0 Å². The minimum atomic E-state index is -0.217. The van der Waals surface area contributed by atoms with Crippen molar-refractivity contribution in [2.45, 2.75) is 69.5 Å². The lowest BCUT2D eigenvalue weighted by Gasteiger charge is -2.23. The van der Waals surface area contributed by atoms with Crippen molar-refractivity contribution in [3.05, 3.63) is 0 Å². The Morgan fingerprint density at radius 2 is 2.00 bits per heavy atom. The summed E-state index contributed by atoms with van der Waals surface area (Å²) >= 11 is 8.73. The first-order valence-electron chi connectivity index (χ1n) is 6.99. The van der Waals surface area contributed by atoms with Crippen LogP contribution in [0, 0.1) is 11.3 Å². The van der Waals surface area contributed by atoms with E-state index in [4.69, 9.17) is 12.2 Å². The molecule has 1 atom stereocenters. The van der Waals surface area contributed by atoms with E-state index in [-0.39, 0.29) is 4.75 Å². The maximum Gasteiger partial charge on any atom is 0.108 e. The summed E-state index contributed by atoms with van der Waals surface area (Å²) in [5.41, 5.74) is 0. The number of thiocarbonyl (C=S) groups is 1. The Bertz CT molecular complexity index is 298. The molecule has 1 fully saturated rings. The van der Waals surface area contributed by atoms with Crippen LogP contribution in [-0.4, -0.2) is 14.0 Å². The summed E-state index contributed by atoms with van der Waals surface area (Å²) in [6.07, 6.45) is 10.9. The van der Waals surface area contributed by atoms with Crippen molar-refractivity contribution in [3.63, 3.8) is 0 Å². The van der Waals surface area contributed by atoms with Gasteiger partial charge in [-0.1, -0.05) is 69.4 Å². The molecule has 1 aliphatic rings. The first-order valence-corrected chi connectivity index (χ1v) is 9.20. The molecule has 0 spiro atoms. The predicted octanol–water partition coefficient (Wildman–Crippen LogP) is 5.54. The van der Waals surface area contributed by atoms with Gasteiger partial charge in [-0.25, -0.2) is 0 Å². The van der Waals surface area contributed by atoms with Crippen LogP contribution in [0.4, 0.5) is 0 Å². The summed E-state index contributed by atoms with van der Waals surface area (Å²) in [5.74, 6) is 1.09. The summed E-state index contributed by atoms with van der Waals surface area (Å²) < 4.78 is 0.755. The second kappa shape index (κ2) is 9.23. The van der Waals surface area contributed by atoms with Crippen LogP contribution in [0.25, 0.3) is 0 Å². The average molecular weight is 302 g/mol. The van der Waals surface area contributed by atoms with Gasteiger partial charge in [0.05, 0.1) is 6.07 Å². The second-order valence-corrected chi connectivity index (χ2v) is 8.61. The van der Waals surface area contributed by atoms with Crippen molar-refractivity contribution in [1.29, 1.82) is 5.26 Å². The number of nitriles is 1. The Morgan fingerprint density at radius 1 is 1.28 bits per heavy atom. The fraction of sp³-hybridized carbons (Fsp3) is 0.857. The zero-order valence-electron chi connectivity index (χ0n) is 11.2. The fourth-order valence-corrected chi connectivity index (χ4v) is 5.26. The molecule has 0 aliphatic carbocycles. The second-order valence-electron chi connectivity index (χ2n) is 4.93. The highest BCUT2D eigenvalue weighted by Crippen LogP contribution is 2.42. The van der Waals surface area contributed by atoms with Gasteiger partial charge < -0.3 is 0 Å². The molecule has 102 valence electrons. The summed E-state index contributed by atoms with van der Waals surface area (Å²) in [6.45, 7) is 2.24. The Kier molecular flexibility index (Phi) is 8.37. The smallest absolute Gasteiger partial charge is 0.108 e. The van der Waals surface area contributed by atoms with E-state index in [0.717, 1.165) is 28.5 Å². The zero-order valence-corrected chi connectivity index (χ0v) is 13.7. The zero-order chi connectivity index (χ0) is 13.3. The van der Waals surface area contributed by atoms with Gasteiger partial charge in [-0.15, -0.1) is 11.8 Å². The summed E-state index contributed by atoms with van der Waals surface area (Å²) in [6, 6.07) is 2.55. The lowest BCUT2D eigenvalue weighted by molar-refractivity contribution is 0.530. The highest BCUT2D eigenvalue weighted by Gasteiger charge is 2.33. The molecule has 1 heterocycles. The van der Waals surface area contributed by atoms with Crippen LogP contribution < -0.4 is 0 Å². The van der Waals surface area contributed by atoms with Crippen molar-refractivity contribution in [1.82, 2.24) is 0 Å². The van der Waals surface area contributed by atoms with Gasteiger partial charge in [-0.3, -0.25) is 0 Å². The highest BCUT2D eigenvalue weighted by molar-refractivity contribution is 8.47. The van der Waals surface area contributed by atoms with Gasteiger partial charge in [0.25, 0.3) is 0 Å². The molecule has 0 aromatic heterocycles. The van der Waals surface area contributed by atoms with Gasteiger partial charge >= 0.3 is 0 Å². The van der Waals surface area contributed by atoms with Crippen LogP contribution >= 0.6 is 35.7 Å². The monoisotopic (exact) mass is 301 g/mol. The molecule has 18 heavy (non-hydrogen) atoms. The molecule has 0 bridgehead atoms. The normalized spacial score (nSPS) is 24.6. The standard InChI is InChI=1S/C14H23NS3/c1-2-3-4-5-6-7-9-14(12-15)10-8-11-17-13(16)18-14/h2-11H2,1H3. The highest BCUT2D eigenvalue weighted by atomic mass is 32.2. The molecule has 0 aromatic rings. The molecular weight excluding hydrogens is 278 g/mol. The molecule has 1 unspecified atom stereocenters. The van der Waals surface area contributed by atoms with Gasteiger partial charge in [0.15, 0.2) is 0 Å². The Morgan fingerprint density at radius 3 is 2.72 bits per heavy atom. The molecule has 0 amide bonds. The quantitative estimate of drug-likeness (QED) is 0.455. The van der Waals surface area contributed by atoms with Crippen molar-refractivity contribution in [2.75, 3.05) is 5.75 Å². The van der Waals surface area contributed by atoms with Crippen molar-refractivity contribution < 1.29 is 0 Å². The maximum atomic E-state index is 9.49. The maximum absolute atomic E-state index is 9.49. The van der Waals surface area contributed by atoms with E-state index in [1.165, 1.54) is 38.5 Å². The van der Waals surface area contributed by atoms with Crippen molar-refractivity contribution in [3.8, 4) is 6.07 Å². The van der Waals surface area contributed by atoms with Crippen LogP contribution in [0.15, 0.2) is 0 Å². The molecule has 1 aliphatic heterocycles. The average Bonchev–Trinajstić information content (AvgIpc) is 2.56. The predicted molar refractivity (Wildman–Crippen MR) is 88.2 cm³/mol. The largest absolute Gasteiger partial charge is 0.197 e. The molecule has 1 rings (SSSR count). The van der Waals surface area contributed by atoms with Gasteiger partial charge in [0.2, 0.25) is 0 Å². The third-order valence-corrected chi connectivity index (χ3v) is 6.35. The Labute approximate surface area is 125 Å². The van der Waals surface area contributed by atoms with Crippen LogP contribution in [-0.2, 0) is 0 Å². The van der Waals surface area contributed by atoms with Crippen molar-refractivity contribution in [2.24, 2.45) is 0 Å². The SMILES string of the molecule is CCCCCCCCC1(C#N)CCCSC(=S)S1. The first-order chi connectivity index (χ1) is 8.72. The minimum absolute atomic E-state index is 0.217. The van der Waals surface area contributed by atoms with Crippen LogP contribution in [0.1, 0.15) is 64.7 Å². The van der Waals surface area contributed by atoms with Crippen LogP contribution in [0.5, 0.6) is 0 Å².